The van der Waals surface area contributed by atoms with Gasteiger partial charge in [-0.3, -0.25) is 9.97 Å². The molecule has 0 unspecified atom stereocenters. The fourth-order valence-electron chi connectivity index (χ4n) is 5.52. The number of benzene rings is 4. The number of hydrogen-bond acceptors (Lipinski definition) is 10. The van der Waals surface area contributed by atoms with Crippen molar-refractivity contribution < 1.29 is 27.3 Å². The molecule has 12 heteroatoms. The van der Waals surface area contributed by atoms with E-state index in [1.165, 1.54) is 0 Å². The first-order chi connectivity index (χ1) is 25.2. The van der Waals surface area contributed by atoms with Crippen molar-refractivity contribution >= 4 is 21.5 Å². The minimum atomic E-state index is -0.821. The maximum atomic E-state index is 14.1. The van der Waals surface area contributed by atoms with Gasteiger partial charge in [0.1, 0.15) is 11.4 Å². The van der Waals surface area contributed by atoms with Crippen molar-refractivity contribution in [2.45, 2.75) is 33.3 Å². The standard InChI is InChI=1S/C21H19N3O2.C19H13F2N3O2/c1-21(2,3)25-16-9-7-14(8-10-16)20-23-19(24-26-20)18-6-4-5-15-13-22-12-11-17(15)18;1-2-25-17-15(20)8-12(9-16(17)21)19-23-18(24-26-19)14-5-3-4-11-10-22-7-6-13(11)14/h4-13H,1-3H3;3-10H,2H2,1H3. The summed E-state index contributed by atoms with van der Waals surface area (Å²) in [5.74, 6) is 0.134. The van der Waals surface area contributed by atoms with Gasteiger partial charge in [0.15, 0.2) is 17.4 Å². The number of halogens is 2. The molecule has 8 aromatic rings. The minimum absolute atomic E-state index is 0.0203. The molecule has 260 valence electrons. The summed E-state index contributed by atoms with van der Waals surface area (Å²) >= 11 is 0. The van der Waals surface area contributed by atoms with E-state index in [1.807, 2.05) is 99.8 Å². The summed E-state index contributed by atoms with van der Waals surface area (Å²) in [5.41, 5.74) is 2.43. The summed E-state index contributed by atoms with van der Waals surface area (Å²) in [4.78, 5) is 17.1. The van der Waals surface area contributed by atoms with Gasteiger partial charge in [-0.25, -0.2) is 8.78 Å². The van der Waals surface area contributed by atoms with E-state index in [1.54, 1.807) is 25.5 Å². The van der Waals surface area contributed by atoms with E-state index in [0.717, 1.165) is 56.1 Å². The van der Waals surface area contributed by atoms with Crippen molar-refractivity contribution in [1.82, 2.24) is 30.2 Å². The Morgan fingerprint density at radius 1 is 0.654 bits per heavy atom. The van der Waals surface area contributed by atoms with Crippen LogP contribution in [-0.4, -0.2) is 42.5 Å². The Kier molecular flexibility index (Phi) is 9.36. The van der Waals surface area contributed by atoms with Crippen molar-refractivity contribution in [3.05, 3.63) is 121 Å². The molecule has 0 fully saturated rings. The average molecular weight is 699 g/mol. The van der Waals surface area contributed by atoms with Crippen LogP contribution in [0.1, 0.15) is 27.7 Å². The largest absolute Gasteiger partial charge is 0.488 e. The van der Waals surface area contributed by atoms with Crippen LogP contribution in [0.25, 0.3) is 67.2 Å². The molecular weight excluding hydrogens is 666 g/mol. The highest BCUT2D eigenvalue weighted by Crippen LogP contribution is 2.32. The maximum absolute atomic E-state index is 14.1. The number of nitrogens with zero attached hydrogens (tertiary/aromatic N) is 6. The number of aromatic nitrogens is 6. The van der Waals surface area contributed by atoms with Gasteiger partial charge in [0, 0.05) is 57.8 Å². The Morgan fingerprint density at radius 2 is 1.17 bits per heavy atom. The van der Waals surface area contributed by atoms with E-state index >= 15 is 0 Å². The maximum Gasteiger partial charge on any atom is 0.258 e. The van der Waals surface area contributed by atoms with E-state index in [0.29, 0.717) is 17.5 Å². The van der Waals surface area contributed by atoms with Crippen LogP contribution in [0.4, 0.5) is 8.78 Å². The molecule has 0 radical (unpaired) electrons. The van der Waals surface area contributed by atoms with Crippen LogP contribution < -0.4 is 9.47 Å². The van der Waals surface area contributed by atoms with Gasteiger partial charge in [-0.15, -0.1) is 0 Å². The first kappa shape index (κ1) is 33.9. The van der Waals surface area contributed by atoms with Crippen molar-refractivity contribution in [1.29, 1.82) is 0 Å². The molecule has 0 aliphatic heterocycles. The minimum Gasteiger partial charge on any atom is -0.488 e. The zero-order chi connectivity index (χ0) is 36.2. The zero-order valence-electron chi connectivity index (χ0n) is 28.7. The van der Waals surface area contributed by atoms with E-state index in [9.17, 15) is 8.78 Å². The normalized spacial score (nSPS) is 11.3. The summed E-state index contributed by atoms with van der Waals surface area (Å²) in [6.45, 7) is 7.87. The number of pyridine rings is 2. The van der Waals surface area contributed by atoms with Gasteiger partial charge in [-0.1, -0.05) is 46.7 Å². The molecule has 4 aromatic heterocycles. The highest BCUT2D eigenvalue weighted by molar-refractivity contribution is 5.95. The Labute approximate surface area is 297 Å². The smallest absolute Gasteiger partial charge is 0.258 e. The van der Waals surface area contributed by atoms with Crippen molar-refractivity contribution in [3.63, 3.8) is 0 Å². The number of hydrogen-bond donors (Lipinski definition) is 0. The van der Waals surface area contributed by atoms with Gasteiger partial charge in [0.25, 0.3) is 11.8 Å². The summed E-state index contributed by atoms with van der Waals surface area (Å²) in [6.07, 6.45) is 7.00. The summed E-state index contributed by atoms with van der Waals surface area (Å²) in [7, 11) is 0. The molecule has 52 heavy (non-hydrogen) atoms. The molecule has 0 N–H and O–H groups in total. The van der Waals surface area contributed by atoms with Crippen LogP contribution in [0.15, 0.2) is 119 Å². The molecule has 4 heterocycles. The third kappa shape index (κ3) is 7.31. The molecule has 0 aliphatic rings. The Bertz CT molecular complexity index is 2460. The van der Waals surface area contributed by atoms with Gasteiger partial charge >= 0.3 is 0 Å². The third-order valence-electron chi connectivity index (χ3n) is 7.75. The molecular formula is C40H32F2N6O4. The number of rotatable bonds is 7. The van der Waals surface area contributed by atoms with Crippen LogP contribution in [0.3, 0.4) is 0 Å². The van der Waals surface area contributed by atoms with Crippen LogP contribution >= 0.6 is 0 Å². The highest BCUT2D eigenvalue weighted by atomic mass is 19.1. The number of ether oxygens (including phenoxy) is 2. The predicted molar refractivity (Wildman–Crippen MR) is 192 cm³/mol. The quantitative estimate of drug-likeness (QED) is 0.159. The van der Waals surface area contributed by atoms with Crippen molar-refractivity contribution in [2.24, 2.45) is 0 Å². The fraction of sp³-hybridized carbons (Fsp3) is 0.150. The molecule has 0 atom stereocenters. The van der Waals surface area contributed by atoms with Gasteiger partial charge in [-0.05, 0) is 87.0 Å². The van der Waals surface area contributed by atoms with Crippen LogP contribution in [0.2, 0.25) is 0 Å². The van der Waals surface area contributed by atoms with E-state index in [-0.39, 0.29) is 23.7 Å². The lowest BCUT2D eigenvalue weighted by Gasteiger charge is -2.21. The molecule has 0 aliphatic carbocycles. The molecule has 8 rings (SSSR count). The number of fused-ring (bicyclic) bond motifs is 2. The fourth-order valence-corrected chi connectivity index (χ4v) is 5.52. The average Bonchev–Trinajstić information content (AvgIpc) is 3.84. The molecule has 10 nitrogen and oxygen atoms in total. The van der Waals surface area contributed by atoms with Gasteiger partial charge in [-0.2, -0.15) is 9.97 Å². The Morgan fingerprint density at radius 3 is 1.67 bits per heavy atom. The van der Waals surface area contributed by atoms with Gasteiger partial charge in [0.2, 0.25) is 11.6 Å². The Hall–Kier alpha value is -6.56. The lowest BCUT2D eigenvalue weighted by Crippen LogP contribution is -2.22. The molecule has 0 bridgehead atoms. The summed E-state index contributed by atoms with van der Waals surface area (Å²) in [5, 5.41) is 12.0. The monoisotopic (exact) mass is 698 g/mol. The summed E-state index contributed by atoms with van der Waals surface area (Å²) < 4.78 is 49.6. The van der Waals surface area contributed by atoms with E-state index < -0.39 is 17.4 Å². The van der Waals surface area contributed by atoms with Gasteiger partial charge < -0.3 is 18.5 Å². The molecule has 0 spiro atoms. The second kappa shape index (κ2) is 14.4. The summed E-state index contributed by atoms with van der Waals surface area (Å²) in [6, 6.07) is 25.3. The lowest BCUT2D eigenvalue weighted by atomic mass is 10.1. The van der Waals surface area contributed by atoms with Crippen molar-refractivity contribution in [3.8, 4) is 57.2 Å². The lowest BCUT2D eigenvalue weighted by molar-refractivity contribution is 0.131. The third-order valence-corrected chi connectivity index (χ3v) is 7.75. The molecule has 0 amide bonds. The molecule has 0 saturated carbocycles. The highest BCUT2D eigenvalue weighted by Gasteiger charge is 2.19. The zero-order valence-corrected chi connectivity index (χ0v) is 28.7. The first-order valence-corrected chi connectivity index (χ1v) is 16.4. The van der Waals surface area contributed by atoms with Crippen LogP contribution in [0, 0.1) is 11.6 Å². The second-order valence-corrected chi connectivity index (χ2v) is 12.6. The Balaban J connectivity index is 0.000000162. The van der Waals surface area contributed by atoms with Crippen LogP contribution in [-0.2, 0) is 0 Å². The first-order valence-electron chi connectivity index (χ1n) is 16.4. The van der Waals surface area contributed by atoms with Gasteiger partial charge in [0.05, 0.1) is 6.61 Å². The SMILES string of the molecule is CC(C)(C)Oc1ccc(-c2nc(-c3cccc4cnccc34)no2)cc1.CCOc1c(F)cc(-c2nc(-c3cccc4cnccc34)no2)cc1F. The molecule has 0 saturated heterocycles. The predicted octanol–water partition coefficient (Wildman–Crippen LogP) is 9.76. The van der Waals surface area contributed by atoms with E-state index in [2.05, 4.69) is 30.2 Å². The van der Waals surface area contributed by atoms with Crippen LogP contribution in [0.5, 0.6) is 11.5 Å². The van der Waals surface area contributed by atoms with Crippen molar-refractivity contribution in [2.75, 3.05) is 6.61 Å². The topological polar surface area (TPSA) is 122 Å². The van der Waals surface area contributed by atoms with E-state index in [4.69, 9.17) is 18.5 Å². The molecule has 4 aromatic carbocycles. The second-order valence-electron chi connectivity index (χ2n) is 12.6.